The van der Waals surface area contributed by atoms with Crippen LogP contribution in [0.4, 0.5) is 0 Å². The Kier molecular flexibility index (Phi) is 6.24. The Morgan fingerprint density at radius 2 is 2.14 bits per heavy atom. The average Bonchev–Trinajstić information content (AvgIpc) is 2.94. The number of methoxy groups -OCH3 is 1. The molecule has 5 nitrogen and oxygen atoms in total. The van der Waals surface area contributed by atoms with Gasteiger partial charge in [0.2, 0.25) is 0 Å². The largest absolute Gasteiger partial charge is 0.486 e. The molecule has 114 valence electrons. The molecule has 21 heavy (non-hydrogen) atoms. The van der Waals surface area contributed by atoms with Crippen molar-refractivity contribution in [3.8, 4) is 5.75 Å². The first-order valence-corrected chi connectivity index (χ1v) is 7.17. The Balaban J connectivity index is 1.83. The molecular weight excluding hydrogens is 268 g/mol. The zero-order valence-corrected chi connectivity index (χ0v) is 12.6. The average molecular weight is 290 g/mol. The molecule has 0 amide bonds. The Morgan fingerprint density at radius 1 is 1.24 bits per heavy atom. The summed E-state index contributed by atoms with van der Waals surface area (Å²) in [5.41, 5.74) is 1.98. The molecule has 0 saturated heterocycles. The van der Waals surface area contributed by atoms with Gasteiger partial charge in [0.25, 0.3) is 0 Å². The van der Waals surface area contributed by atoms with E-state index in [0.717, 1.165) is 42.3 Å². The molecular formula is C16H22N2O3. The van der Waals surface area contributed by atoms with Crippen molar-refractivity contribution < 1.29 is 14.0 Å². The summed E-state index contributed by atoms with van der Waals surface area (Å²) in [6.07, 6.45) is 1.10. The molecule has 0 atom stereocenters. The van der Waals surface area contributed by atoms with E-state index in [0.29, 0.717) is 13.2 Å². The minimum Gasteiger partial charge on any atom is -0.486 e. The SMILES string of the molecule is CCCNCc1cc(COc2cccc(COC)c2)on1. The molecule has 0 aliphatic rings. The molecule has 2 rings (SSSR count). The fourth-order valence-electron chi connectivity index (χ4n) is 1.95. The fourth-order valence-corrected chi connectivity index (χ4v) is 1.95. The number of ether oxygens (including phenoxy) is 2. The summed E-state index contributed by atoms with van der Waals surface area (Å²) < 4.78 is 16.1. The van der Waals surface area contributed by atoms with Crippen LogP contribution < -0.4 is 10.1 Å². The van der Waals surface area contributed by atoms with Gasteiger partial charge in [0.1, 0.15) is 12.4 Å². The second kappa shape index (κ2) is 8.44. The lowest BCUT2D eigenvalue weighted by Gasteiger charge is -2.05. The lowest BCUT2D eigenvalue weighted by molar-refractivity contribution is 0.184. The van der Waals surface area contributed by atoms with Crippen LogP contribution in [-0.2, 0) is 24.5 Å². The number of rotatable bonds is 9. The van der Waals surface area contributed by atoms with Crippen molar-refractivity contribution >= 4 is 0 Å². The third-order valence-corrected chi connectivity index (χ3v) is 2.93. The van der Waals surface area contributed by atoms with Gasteiger partial charge in [0.05, 0.1) is 12.3 Å². The second-order valence-corrected chi connectivity index (χ2v) is 4.83. The van der Waals surface area contributed by atoms with Crippen molar-refractivity contribution in [1.29, 1.82) is 0 Å². The Morgan fingerprint density at radius 3 is 2.95 bits per heavy atom. The van der Waals surface area contributed by atoms with E-state index in [2.05, 4.69) is 17.4 Å². The van der Waals surface area contributed by atoms with Crippen LogP contribution in [-0.4, -0.2) is 18.8 Å². The van der Waals surface area contributed by atoms with Gasteiger partial charge in [-0.05, 0) is 30.7 Å². The number of aromatic nitrogens is 1. The van der Waals surface area contributed by atoms with Crippen molar-refractivity contribution in [3.63, 3.8) is 0 Å². The minimum atomic E-state index is 0.372. The quantitative estimate of drug-likeness (QED) is 0.720. The molecule has 2 aromatic rings. The molecule has 1 aromatic carbocycles. The molecule has 0 bridgehead atoms. The molecule has 5 heteroatoms. The first kappa shape index (κ1) is 15.5. The van der Waals surface area contributed by atoms with Crippen LogP contribution in [0.5, 0.6) is 5.75 Å². The molecule has 0 unspecified atom stereocenters. The fraction of sp³-hybridized carbons (Fsp3) is 0.438. The summed E-state index contributed by atoms with van der Waals surface area (Å²) in [5.74, 6) is 1.52. The van der Waals surface area contributed by atoms with Crippen molar-refractivity contribution in [3.05, 3.63) is 47.3 Å². The minimum absolute atomic E-state index is 0.372. The van der Waals surface area contributed by atoms with Crippen LogP contribution in [0.3, 0.4) is 0 Å². The maximum Gasteiger partial charge on any atom is 0.174 e. The summed E-state index contributed by atoms with van der Waals surface area (Å²) in [6.45, 7) is 4.78. The van der Waals surface area contributed by atoms with Crippen LogP contribution in [0.25, 0.3) is 0 Å². The van der Waals surface area contributed by atoms with Crippen molar-refractivity contribution in [2.45, 2.75) is 33.1 Å². The Hall–Kier alpha value is -1.85. The zero-order valence-electron chi connectivity index (χ0n) is 12.6. The molecule has 0 fully saturated rings. The van der Waals surface area contributed by atoms with Gasteiger partial charge in [-0.15, -0.1) is 0 Å². The van der Waals surface area contributed by atoms with E-state index in [4.69, 9.17) is 14.0 Å². The number of benzene rings is 1. The standard InChI is InChI=1S/C16H22N2O3/c1-3-7-17-10-14-9-16(21-18-14)12-20-15-6-4-5-13(8-15)11-19-2/h4-6,8-9,17H,3,7,10-12H2,1-2H3. The van der Waals surface area contributed by atoms with Gasteiger partial charge in [-0.25, -0.2) is 0 Å². The van der Waals surface area contributed by atoms with E-state index in [1.165, 1.54) is 0 Å². The van der Waals surface area contributed by atoms with Gasteiger partial charge in [-0.3, -0.25) is 0 Å². The lowest BCUT2D eigenvalue weighted by Crippen LogP contribution is -2.13. The number of hydrogen-bond donors (Lipinski definition) is 1. The Labute approximate surface area is 125 Å². The zero-order chi connectivity index (χ0) is 14.9. The van der Waals surface area contributed by atoms with Crippen LogP contribution in [0, 0.1) is 0 Å². The maximum absolute atomic E-state index is 5.71. The summed E-state index contributed by atoms with van der Waals surface area (Å²) in [4.78, 5) is 0. The van der Waals surface area contributed by atoms with Crippen LogP contribution in [0.1, 0.15) is 30.4 Å². The van der Waals surface area contributed by atoms with Gasteiger partial charge < -0.3 is 19.3 Å². The highest BCUT2D eigenvalue weighted by Crippen LogP contribution is 2.16. The molecule has 0 saturated carbocycles. The van der Waals surface area contributed by atoms with E-state index < -0.39 is 0 Å². The predicted octanol–water partition coefficient (Wildman–Crippen LogP) is 2.90. The maximum atomic E-state index is 5.71. The van der Waals surface area contributed by atoms with Gasteiger partial charge in [0.15, 0.2) is 5.76 Å². The van der Waals surface area contributed by atoms with Crippen molar-refractivity contribution in [2.75, 3.05) is 13.7 Å². The third kappa shape index (κ3) is 5.21. The molecule has 0 aliphatic heterocycles. The molecule has 1 N–H and O–H groups in total. The molecule has 0 spiro atoms. The van der Waals surface area contributed by atoms with E-state index in [-0.39, 0.29) is 0 Å². The number of nitrogens with zero attached hydrogens (tertiary/aromatic N) is 1. The monoisotopic (exact) mass is 290 g/mol. The first-order valence-electron chi connectivity index (χ1n) is 7.17. The van der Waals surface area contributed by atoms with Crippen LogP contribution in [0.15, 0.2) is 34.9 Å². The summed E-state index contributed by atoms with van der Waals surface area (Å²) >= 11 is 0. The van der Waals surface area contributed by atoms with Crippen LogP contribution >= 0.6 is 0 Å². The van der Waals surface area contributed by atoms with Crippen molar-refractivity contribution in [2.24, 2.45) is 0 Å². The first-order chi connectivity index (χ1) is 10.3. The predicted molar refractivity (Wildman–Crippen MR) is 80.0 cm³/mol. The van der Waals surface area contributed by atoms with Gasteiger partial charge in [-0.2, -0.15) is 0 Å². The van der Waals surface area contributed by atoms with Gasteiger partial charge in [0, 0.05) is 19.7 Å². The van der Waals surface area contributed by atoms with E-state index >= 15 is 0 Å². The molecule has 0 radical (unpaired) electrons. The van der Waals surface area contributed by atoms with Crippen molar-refractivity contribution in [1.82, 2.24) is 10.5 Å². The number of nitrogens with one attached hydrogen (secondary N) is 1. The topological polar surface area (TPSA) is 56.5 Å². The smallest absolute Gasteiger partial charge is 0.174 e. The highest BCUT2D eigenvalue weighted by atomic mass is 16.5. The van der Waals surface area contributed by atoms with E-state index in [1.54, 1.807) is 7.11 Å². The Bertz CT molecular complexity index is 540. The van der Waals surface area contributed by atoms with Gasteiger partial charge >= 0.3 is 0 Å². The van der Waals surface area contributed by atoms with E-state index in [1.807, 2.05) is 30.3 Å². The summed E-state index contributed by atoms with van der Waals surface area (Å²) in [7, 11) is 1.68. The third-order valence-electron chi connectivity index (χ3n) is 2.93. The molecule has 1 heterocycles. The highest BCUT2D eigenvalue weighted by Gasteiger charge is 2.05. The second-order valence-electron chi connectivity index (χ2n) is 4.83. The molecule has 1 aromatic heterocycles. The lowest BCUT2D eigenvalue weighted by atomic mass is 10.2. The van der Waals surface area contributed by atoms with E-state index in [9.17, 15) is 0 Å². The molecule has 0 aliphatic carbocycles. The number of hydrogen-bond acceptors (Lipinski definition) is 5. The van der Waals surface area contributed by atoms with Gasteiger partial charge in [-0.1, -0.05) is 24.2 Å². The summed E-state index contributed by atoms with van der Waals surface area (Å²) in [5, 5.41) is 7.29. The highest BCUT2D eigenvalue weighted by molar-refractivity contribution is 5.28. The van der Waals surface area contributed by atoms with Crippen LogP contribution in [0.2, 0.25) is 0 Å². The normalized spacial score (nSPS) is 10.8. The summed E-state index contributed by atoms with van der Waals surface area (Å²) in [6, 6.07) is 9.75.